The van der Waals surface area contributed by atoms with Crippen LogP contribution in [0.15, 0.2) is 12.1 Å². The summed E-state index contributed by atoms with van der Waals surface area (Å²) in [6, 6.07) is 5.53. The molecule has 1 aromatic heterocycles. The van der Waals surface area contributed by atoms with Crippen LogP contribution in [-0.2, 0) is 0 Å². The van der Waals surface area contributed by atoms with Crippen molar-refractivity contribution in [2.75, 3.05) is 6.54 Å². The van der Waals surface area contributed by atoms with Crippen molar-refractivity contribution in [1.29, 1.82) is 0 Å². The zero-order valence-corrected chi connectivity index (χ0v) is 13.4. The first-order chi connectivity index (χ1) is 9.03. The first-order valence-corrected chi connectivity index (χ1v) is 8.65. The second kappa shape index (κ2) is 5.21. The van der Waals surface area contributed by atoms with Gasteiger partial charge >= 0.3 is 0 Å². The number of hydrogen-bond donors (Lipinski definition) is 1. The molecule has 0 aliphatic heterocycles. The number of hydrogen-bond acceptors (Lipinski definition) is 2. The zero-order chi connectivity index (χ0) is 13.5. The first kappa shape index (κ1) is 13.6. The normalized spacial score (nSPS) is 30.5. The monoisotopic (exact) mass is 277 g/mol. The molecule has 2 unspecified atom stereocenters. The molecule has 0 amide bonds. The lowest BCUT2D eigenvalue weighted by atomic mass is 9.66. The molecule has 3 rings (SSSR count). The van der Waals surface area contributed by atoms with Gasteiger partial charge in [-0.05, 0) is 75.0 Å². The van der Waals surface area contributed by atoms with Crippen molar-refractivity contribution in [2.45, 2.75) is 64.8 Å². The molecule has 0 radical (unpaired) electrons. The average Bonchev–Trinajstić information content (AvgIpc) is 3.08. The predicted octanol–water partition coefficient (Wildman–Crippen LogP) is 4.72. The molecule has 1 aromatic rings. The van der Waals surface area contributed by atoms with Gasteiger partial charge in [0.1, 0.15) is 0 Å². The fourth-order valence-corrected chi connectivity index (χ4v) is 4.55. The van der Waals surface area contributed by atoms with Crippen molar-refractivity contribution in [3.63, 3.8) is 0 Å². The van der Waals surface area contributed by atoms with Gasteiger partial charge in [0.2, 0.25) is 0 Å². The fraction of sp³-hybridized carbons (Fsp3) is 0.765. The molecular weight excluding hydrogens is 250 g/mol. The summed E-state index contributed by atoms with van der Waals surface area (Å²) in [5.41, 5.74) is 0.526. The molecule has 2 atom stereocenters. The van der Waals surface area contributed by atoms with Crippen molar-refractivity contribution < 1.29 is 0 Å². The summed E-state index contributed by atoms with van der Waals surface area (Å²) in [4.78, 5) is 3.10. The Morgan fingerprint density at radius 3 is 2.68 bits per heavy atom. The van der Waals surface area contributed by atoms with E-state index in [1.165, 1.54) is 43.5 Å². The lowest BCUT2D eigenvalue weighted by Crippen LogP contribution is -2.35. The van der Waals surface area contributed by atoms with Gasteiger partial charge in [0.25, 0.3) is 0 Å². The smallest absolute Gasteiger partial charge is 0.00824 e. The Labute approximate surface area is 121 Å². The van der Waals surface area contributed by atoms with E-state index >= 15 is 0 Å². The zero-order valence-electron chi connectivity index (χ0n) is 12.5. The van der Waals surface area contributed by atoms with Gasteiger partial charge in [-0.2, -0.15) is 0 Å². The van der Waals surface area contributed by atoms with Crippen molar-refractivity contribution in [2.24, 2.45) is 11.3 Å². The highest BCUT2D eigenvalue weighted by atomic mass is 32.1. The second-order valence-electron chi connectivity index (χ2n) is 7.40. The topological polar surface area (TPSA) is 12.0 Å². The molecular formula is C17H27NS. The molecule has 2 heteroatoms. The van der Waals surface area contributed by atoms with E-state index < -0.39 is 0 Å². The van der Waals surface area contributed by atoms with E-state index in [-0.39, 0.29) is 0 Å². The highest BCUT2D eigenvalue weighted by molar-refractivity contribution is 7.12. The maximum absolute atomic E-state index is 3.76. The average molecular weight is 277 g/mol. The maximum Gasteiger partial charge on any atom is 0.00824 e. The third kappa shape index (κ3) is 3.41. The minimum atomic E-state index is 0.526. The highest BCUT2D eigenvalue weighted by Gasteiger charge is 2.36. The van der Waals surface area contributed by atoms with Gasteiger partial charge in [-0.3, -0.25) is 0 Å². The Morgan fingerprint density at radius 2 is 2.05 bits per heavy atom. The quantitative estimate of drug-likeness (QED) is 0.840. The van der Waals surface area contributed by atoms with E-state index in [1.807, 2.05) is 11.3 Å². The third-order valence-electron chi connectivity index (χ3n) is 4.91. The fourth-order valence-electron chi connectivity index (χ4n) is 3.48. The molecule has 2 fully saturated rings. The summed E-state index contributed by atoms with van der Waals surface area (Å²) in [5.74, 6) is 1.64. The SMILES string of the molecule is Cc1ccc(C2CC(C)(C)CCC2CNC2CC2)s1. The summed E-state index contributed by atoms with van der Waals surface area (Å²) in [6.07, 6.45) is 6.96. The first-order valence-electron chi connectivity index (χ1n) is 7.83. The molecule has 106 valence electrons. The van der Waals surface area contributed by atoms with E-state index in [1.54, 1.807) is 4.88 Å². The highest BCUT2D eigenvalue weighted by Crippen LogP contribution is 2.48. The molecule has 19 heavy (non-hydrogen) atoms. The van der Waals surface area contributed by atoms with Crippen LogP contribution in [0.1, 0.15) is 61.6 Å². The van der Waals surface area contributed by atoms with Crippen molar-refractivity contribution in [3.8, 4) is 0 Å². The van der Waals surface area contributed by atoms with E-state index in [0.717, 1.165) is 17.9 Å². The van der Waals surface area contributed by atoms with Gasteiger partial charge < -0.3 is 5.32 Å². The molecule has 2 aliphatic carbocycles. The summed E-state index contributed by atoms with van der Waals surface area (Å²) in [5, 5.41) is 3.76. The van der Waals surface area contributed by atoms with Crippen LogP contribution in [0.4, 0.5) is 0 Å². The van der Waals surface area contributed by atoms with E-state index in [4.69, 9.17) is 0 Å². The Balaban J connectivity index is 1.72. The summed E-state index contributed by atoms with van der Waals surface area (Å²) < 4.78 is 0. The summed E-state index contributed by atoms with van der Waals surface area (Å²) >= 11 is 2.02. The standard InChI is InChI=1S/C17H27NS/c1-12-4-7-16(19-12)15-10-17(2,3)9-8-13(15)11-18-14-5-6-14/h4,7,13-15,18H,5-6,8-11H2,1-3H3. The molecule has 0 aromatic carbocycles. The van der Waals surface area contributed by atoms with Gasteiger partial charge in [-0.15, -0.1) is 11.3 Å². The van der Waals surface area contributed by atoms with E-state index in [2.05, 4.69) is 38.2 Å². The van der Waals surface area contributed by atoms with Crippen LogP contribution in [0.3, 0.4) is 0 Å². The largest absolute Gasteiger partial charge is 0.314 e. The maximum atomic E-state index is 3.76. The van der Waals surface area contributed by atoms with E-state index in [9.17, 15) is 0 Å². The molecule has 0 saturated heterocycles. The Morgan fingerprint density at radius 1 is 1.26 bits per heavy atom. The summed E-state index contributed by atoms with van der Waals surface area (Å²) in [7, 11) is 0. The van der Waals surface area contributed by atoms with Crippen molar-refractivity contribution in [3.05, 3.63) is 21.9 Å². The predicted molar refractivity (Wildman–Crippen MR) is 83.9 cm³/mol. The van der Waals surface area contributed by atoms with Crippen molar-refractivity contribution in [1.82, 2.24) is 5.32 Å². The molecule has 1 heterocycles. The number of thiophene rings is 1. The summed E-state index contributed by atoms with van der Waals surface area (Å²) in [6.45, 7) is 8.37. The van der Waals surface area contributed by atoms with Crippen LogP contribution in [0.25, 0.3) is 0 Å². The molecule has 1 nitrogen and oxygen atoms in total. The van der Waals surface area contributed by atoms with Gasteiger partial charge in [0.05, 0.1) is 0 Å². The lowest BCUT2D eigenvalue weighted by Gasteiger charge is -2.40. The van der Waals surface area contributed by atoms with Crippen LogP contribution in [0, 0.1) is 18.3 Å². The van der Waals surface area contributed by atoms with Crippen LogP contribution in [-0.4, -0.2) is 12.6 Å². The second-order valence-corrected chi connectivity index (χ2v) is 8.72. The number of aryl methyl sites for hydroxylation is 1. The molecule has 2 saturated carbocycles. The van der Waals surface area contributed by atoms with Crippen molar-refractivity contribution >= 4 is 11.3 Å². The van der Waals surface area contributed by atoms with Crippen LogP contribution in [0.2, 0.25) is 0 Å². The van der Waals surface area contributed by atoms with Crippen LogP contribution in [0.5, 0.6) is 0 Å². The van der Waals surface area contributed by atoms with Crippen LogP contribution >= 0.6 is 11.3 Å². The molecule has 0 spiro atoms. The molecule has 1 N–H and O–H groups in total. The van der Waals surface area contributed by atoms with Crippen LogP contribution < -0.4 is 5.32 Å². The lowest BCUT2D eigenvalue weighted by molar-refractivity contribution is 0.161. The van der Waals surface area contributed by atoms with E-state index in [0.29, 0.717) is 5.41 Å². The van der Waals surface area contributed by atoms with Gasteiger partial charge in [-0.1, -0.05) is 13.8 Å². The minimum absolute atomic E-state index is 0.526. The molecule has 0 bridgehead atoms. The Bertz CT molecular complexity index is 428. The van der Waals surface area contributed by atoms with Gasteiger partial charge in [0.15, 0.2) is 0 Å². The van der Waals surface area contributed by atoms with Gasteiger partial charge in [-0.25, -0.2) is 0 Å². The Hall–Kier alpha value is -0.340. The third-order valence-corrected chi connectivity index (χ3v) is 6.04. The van der Waals surface area contributed by atoms with Gasteiger partial charge in [0, 0.05) is 15.8 Å². The number of nitrogens with one attached hydrogen (secondary N) is 1. The molecule has 2 aliphatic rings. The Kier molecular flexibility index (Phi) is 3.74. The number of rotatable bonds is 4. The minimum Gasteiger partial charge on any atom is -0.314 e.